The Morgan fingerprint density at radius 1 is 1.44 bits per heavy atom. The minimum absolute atomic E-state index is 0. The molecule has 0 bridgehead atoms. The van der Waals surface area contributed by atoms with Gasteiger partial charge in [0.05, 0.1) is 30.7 Å². The van der Waals surface area contributed by atoms with Crippen LogP contribution in [0.4, 0.5) is 14.5 Å². The normalized spacial score (nSPS) is 16.4. The Hall–Kier alpha value is -2.72. The number of aryl methyl sites for hydroxylation is 1. The van der Waals surface area contributed by atoms with E-state index in [4.69, 9.17) is 4.74 Å². The lowest BCUT2D eigenvalue weighted by molar-refractivity contribution is 0.0694. The van der Waals surface area contributed by atoms with Crippen molar-refractivity contribution in [1.82, 2.24) is 4.57 Å². The van der Waals surface area contributed by atoms with E-state index in [-0.39, 0.29) is 40.9 Å². The molecule has 0 aliphatic carbocycles. The highest BCUT2D eigenvalue weighted by Gasteiger charge is 2.29. The van der Waals surface area contributed by atoms with Crippen molar-refractivity contribution in [2.24, 2.45) is 0 Å². The number of rotatable bonds is 5. The van der Waals surface area contributed by atoms with Crippen LogP contribution in [-0.2, 0) is 6.54 Å². The summed E-state index contributed by atoms with van der Waals surface area (Å²) in [5.41, 5.74) is -1.26. The van der Waals surface area contributed by atoms with Gasteiger partial charge in [-0.15, -0.1) is 0 Å². The number of benzene rings is 1. The molecule has 3 rings (SSSR count). The summed E-state index contributed by atoms with van der Waals surface area (Å²) in [5, 5.41) is 18.7. The maximum absolute atomic E-state index is 14.8. The van der Waals surface area contributed by atoms with Crippen molar-refractivity contribution < 1.29 is 34.0 Å². The second kappa shape index (κ2) is 7.89. The van der Waals surface area contributed by atoms with Crippen molar-refractivity contribution in [2.75, 3.05) is 31.8 Å². The molecule has 0 amide bonds. The zero-order chi connectivity index (χ0) is 19.0. The van der Waals surface area contributed by atoms with Gasteiger partial charge in [-0.05, 0) is 12.5 Å². The molecule has 1 aliphatic heterocycles. The summed E-state index contributed by atoms with van der Waals surface area (Å²) in [6, 6.07) is 0.946. The summed E-state index contributed by atoms with van der Waals surface area (Å²) in [7, 11) is 1.29. The number of methoxy groups -OCH3 is 1. The summed E-state index contributed by atoms with van der Waals surface area (Å²) in [4.78, 5) is 25.4. The molecular formula is C17H20F2N2O6. The maximum atomic E-state index is 14.8. The van der Waals surface area contributed by atoms with Gasteiger partial charge in [-0.25, -0.2) is 13.6 Å². The van der Waals surface area contributed by atoms with E-state index in [0.29, 0.717) is 13.0 Å². The largest absolute Gasteiger partial charge is 0.492 e. The number of aliphatic hydroxyl groups excluding tert-OH is 1. The molecule has 1 aromatic heterocycles. The number of fused-ring (bicyclic) bond motifs is 1. The van der Waals surface area contributed by atoms with E-state index < -0.39 is 35.6 Å². The van der Waals surface area contributed by atoms with Crippen LogP contribution in [0.3, 0.4) is 0 Å². The third-order valence-electron chi connectivity index (χ3n) is 4.48. The molecule has 27 heavy (non-hydrogen) atoms. The first-order valence-electron chi connectivity index (χ1n) is 8.05. The number of aromatic nitrogens is 1. The van der Waals surface area contributed by atoms with E-state index >= 15 is 0 Å². The molecule has 2 heterocycles. The molecule has 8 nitrogen and oxygen atoms in total. The standard InChI is InChI=1S/C17H18F2N2O5.H2O/c1-26-16-13-10(6-12(19)14(16)20-4-2-9(22)7-20)15(23)11(17(24)25)8-21(13)5-3-18;/h6,8-9,22H,2-5,7H2,1H3,(H,24,25);1H2. The molecule has 148 valence electrons. The lowest BCUT2D eigenvalue weighted by atomic mass is 10.1. The maximum Gasteiger partial charge on any atom is 0.341 e. The molecule has 1 aliphatic rings. The number of ether oxygens (including phenoxy) is 1. The van der Waals surface area contributed by atoms with Crippen LogP contribution in [0, 0.1) is 5.82 Å². The van der Waals surface area contributed by atoms with E-state index in [2.05, 4.69) is 0 Å². The van der Waals surface area contributed by atoms with Gasteiger partial charge in [0.2, 0.25) is 5.43 Å². The van der Waals surface area contributed by atoms with Crippen LogP contribution in [-0.4, -0.2) is 59.2 Å². The molecule has 1 atom stereocenters. The third-order valence-corrected chi connectivity index (χ3v) is 4.48. The number of β-amino-alcohol motifs (C(OH)–C–C–N with tert-alkyl or cyclic N) is 1. The van der Waals surface area contributed by atoms with Gasteiger partial charge in [0, 0.05) is 19.3 Å². The predicted molar refractivity (Wildman–Crippen MR) is 94.1 cm³/mol. The molecule has 4 N–H and O–H groups in total. The lowest BCUT2D eigenvalue weighted by Gasteiger charge is -2.24. The quantitative estimate of drug-likeness (QED) is 0.774. The molecule has 0 saturated carbocycles. The Balaban J connectivity index is 0.00000261. The summed E-state index contributed by atoms with van der Waals surface area (Å²) in [6.45, 7) is -0.448. The number of nitrogens with zero attached hydrogens (tertiary/aromatic N) is 2. The van der Waals surface area contributed by atoms with Gasteiger partial charge in [0.1, 0.15) is 17.9 Å². The number of pyridine rings is 1. The van der Waals surface area contributed by atoms with Gasteiger partial charge in [0.15, 0.2) is 11.6 Å². The van der Waals surface area contributed by atoms with Gasteiger partial charge in [-0.1, -0.05) is 0 Å². The number of anilines is 1. The molecule has 1 aromatic carbocycles. The smallest absolute Gasteiger partial charge is 0.341 e. The Kier molecular flexibility index (Phi) is 6.01. The van der Waals surface area contributed by atoms with Gasteiger partial charge < -0.3 is 29.9 Å². The first-order chi connectivity index (χ1) is 12.4. The number of halogens is 2. The average Bonchev–Trinajstić information content (AvgIpc) is 3.02. The monoisotopic (exact) mass is 386 g/mol. The molecule has 1 unspecified atom stereocenters. The van der Waals surface area contributed by atoms with Crippen molar-refractivity contribution >= 4 is 22.6 Å². The van der Waals surface area contributed by atoms with Crippen LogP contribution < -0.4 is 15.1 Å². The Morgan fingerprint density at radius 2 is 2.15 bits per heavy atom. The average molecular weight is 386 g/mol. The van der Waals surface area contributed by atoms with Crippen molar-refractivity contribution in [3.63, 3.8) is 0 Å². The Bertz CT molecular complexity index is 930. The fourth-order valence-electron chi connectivity index (χ4n) is 3.34. The Morgan fingerprint density at radius 3 is 2.67 bits per heavy atom. The summed E-state index contributed by atoms with van der Waals surface area (Å²) >= 11 is 0. The number of carboxylic acids is 1. The van der Waals surface area contributed by atoms with Crippen LogP contribution in [0.25, 0.3) is 10.9 Å². The predicted octanol–water partition coefficient (Wildman–Crippen LogP) is 0.563. The highest BCUT2D eigenvalue weighted by molar-refractivity contribution is 5.97. The van der Waals surface area contributed by atoms with Crippen molar-refractivity contribution in [1.29, 1.82) is 0 Å². The number of hydrogen-bond acceptors (Lipinski definition) is 5. The third kappa shape index (κ3) is 3.45. The first kappa shape index (κ1) is 20.6. The molecular weight excluding hydrogens is 366 g/mol. The van der Waals surface area contributed by atoms with Crippen molar-refractivity contribution in [3.8, 4) is 5.75 Å². The minimum Gasteiger partial charge on any atom is -0.492 e. The highest BCUT2D eigenvalue weighted by Crippen LogP contribution is 2.39. The highest BCUT2D eigenvalue weighted by atomic mass is 19.1. The van der Waals surface area contributed by atoms with Gasteiger partial charge in [-0.2, -0.15) is 0 Å². The first-order valence-corrected chi connectivity index (χ1v) is 8.05. The van der Waals surface area contributed by atoms with Crippen molar-refractivity contribution in [3.05, 3.63) is 33.9 Å². The number of aliphatic hydroxyl groups is 1. The summed E-state index contributed by atoms with van der Waals surface area (Å²) in [6.07, 6.45) is 0.878. The van der Waals surface area contributed by atoms with Crippen LogP contribution in [0.2, 0.25) is 0 Å². The topological polar surface area (TPSA) is 124 Å². The van der Waals surface area contributed by atoms with Crippen LogP contribution in [0.5, 0.6) is 5.75 Å². The second-order valence-corrected chi connectivity index (χ2v) is 6.08. The van der Waals surface area contributed by atoms with E-state index in [1.165, 1.54) is 11.7 Å². The zero-order valence-corrected chi connectivity index (χ0v) is 14.5. The summed E-state index contributed by atoms with van der Waals surface area (Å²) < 4.78 is 34.4. The molecule has 10 heteroatoms. The number of carboxylic acid groups (broad SMARTS) is 1. The van der Waals surface area contributed by atoms with Gasteiger partial charge in [0.25, 0.3) is 0 Å². The second-order valence-electron chi connectivity index (χ2n) is 6.08. The SMILES string of the molecule is COc1c(N2CCC(O)C2)c(F)cc2c(=O)c(C(=O)O)cn(CCF)c12.O. The Labute approximate surface area is 152 Å². The molecule has 0 spiro atoms. The van der Waals surface area contributed by atoms with Gasteiger partial charge >= 0.3 is 5.97 Å². The number of hydrogen-bond donors (Lipinski definition) is 2. The molecule has 0 radical (unpaired) electrons. The summed E-state index contributed by atoms with van der Waals surface area (Å²) in [5.74, 6) is -2.23. The minimum atomic E-state index is -1.48. The van der Waals surface area contributed by atoms with E-state index in [1.807, 2.05) is 0 Å². The lowest BCUT2D eigenvalue weighted by Crippen LogP contribution is -2.25. The number of aromatic carboxylic acids is 1. The zero-order valence-electron chi connectivity index (χ0n) is 14.5. The van der Waals surface area contributed by atoms with E-state index in [9.17, 15) is 28.6 Å². The fourth-order valence-corrected chi connectivity index (χ4v) is 3.34. The fraction of sp³-hybridized carbons (Fsp3) is 0.412. The number of alkyl halides is 1. The van der Waals surface area contributed by atoms with Crippen LogP contribution >= 0.6 is 0 Å². The van der Waals surface area contributed by atoms with Crippen molar-refractivity contribution in [2.45, 2.75) is 19.1 Å². The van der Waals surface area contributed by atoms with E-state index in [0.717, 1.165) is 12.3 Å². The van der Waals surface area contributed by atoms with Crippen LogP contribution in [0.1, 0.15) is 16.8 Å². The molecule has 1 saturated heterocycles. The van der Waals surface area contributed by atoms with Gasteiger partial charge in [-0.3, -0.25) is 4.79 Å². The number of carbonyl (C=O) groups is 1. The molecule has 1 fully saturated rings. The van der Waals surface area contributed by atoms with Crippen LogP contribution in [0.15, 0.2) is 17.1 Å². The van der Waals surface area contributed by atoms with E-state index in [1.54, 1.807) is 4.90 Å². The molecule has 2 aromatic rings.